The molecule has 3 nitrogen and oxygen atoms in total. The van der Waals surface area contributed by atoms with Crippen molar-refractivity contribution in [3.63, 3.8) is 0 Å². The van der Waals surface area contributed by atoms with Crippen LogP contribution in [-0.4, -0.2) is 16.5 Å². The van der Waals surface area contributed by atoms with Crippen LogP contribution >= 0.6 is 22.7 Å². The average Bonchev–Trinajstić information content (AvgIpc) is 2.87. The smallest absolute Gasteiger partial charge is 0.152 e. The van der Waals surface area contributed by atoms with E-state index in [1.54, 1.807) is 22.7 Å². The maximum atomic E-state index is 4.36. The summed E-state index contributed by atoms with van der Waals surface area (Å²) in [5.74, 6) is 0. The maximum absolute atomic E-state index is 4.36. The van der Waals surface area contributed by atoms with Crippen LogP contribution < -0.4 is 5.32 Å². The fourth-order valence-electron chi connectivity index (χ4n) is 1.21. The van der Waals surface area contributed by atoms with E-state index in [4.69, 9.17) is 0 Å². The van der Waals surface area contributed by atoms with Crippen LogP contribution in [0.25, 0.3) is 10.0 Å². The lowest BCUT2D eigenvalue weighted by atomic mass is 10.4. The van der Waals surface area contributed by atoms with E-state index in [1.165, 1.54) is 4.88 Å². The van der Waals surface area contributed by atoms with Crippen molar-refractivity contribution in [2.24, 2.45) is 0 Å². The quantitative estimate of drug-likeness (QED) is 0.815. The third kappa shape index (κ3) is 2.84. The molecule has 0 unspecified atom stereocenters. The molecule has 0 aliphatic heterocycles. The molecule has 1 N–H and O–H groups in total. The van der Waals surface area contributed by atoms with Crippen LogP contribution in [0.5, 0.6) is 0 Å². The molecular formula is C10H13N3S2. The topological polar surface area (TPSA) is 37.8 Å². The summed E-state index contributed by atoms with van der Waals surface area (Å²) in [5, 5.41) is 7.38. The molecular weight excluding hydrogens is 226 g/mol. The molecule has 15 heavy (non-hydrogen) atoms. The minimum absolute atomic E-state index is 0.914. The van der Waals surface area contributed by atoms with Crippen LogP contribution in [0.2, 0.25) is 0 Å². The standard InChI is InChI=1S/C10H13N3S2/c1-2-3-11-6-8-7-13-10(15-8)9-12-4-5-14-9/h4-5,7,11H,2-3,6H2,1H3. The molecule has 0 radical (unpaired) electrons. The van der Waals surface area contributed by atoms with Gasteiger partial charge in [0.05, 0.1) is 0 Å². The lowest BCUT2D eigenvalue weighted by Crippen LogP contribution is -2.12. The second-order valence-corrected chi connectivity index (χ2v) is 5.16. The van der Waals surface area contributed by atoms with Crippen LogP contribution in [0.4, 0.5) is 0 Å². The molecule has 80 valence electrons. The summed E-state index contributed by atoms with van der Waals surface area (Å²) < 4.78 is 0. The zero-order valence-electron chi connectivity index (χ0n) is 8.56. The highest BCUT2D eigenvalue weighted by Crippen LogP contribution is 2.26. The van der Waals surface area contributed by atoms with Crippen molar-refractivity contribution in [1.82, 2.24) is 15.3 Å². The monoisotopic (exact) mass is 239 g/mol. The highest BCUT2D eigenvalue weighted by atomic mass is 32.1. The van der Waals surface area contributed by atoms with Crippen molar-refractivity contribution in [1.29, 1.82) is 0 Å². The minimum Gasteiger partial charge on any atom is -0.312 e. The Morgan fingerprint density at radius 3 is 3.00 bits per heavy atom. The van der Waals surface area contributed by atoms with Crippen molar-refractivity contribution < 1.29 is 0 Å². The fraction of sp³-hybridized carbons (Fsp3) is 0.400. The van der Waals surface area contributed by atoms with Gasteiger partial charge in [-0.25, -0.2) is 9.97 Å². The molecule has 0 amide bonds. The second kappa shape index (κ2) is 5.34. The first-order valence-electron chi connectivity index (χ1n) is 4.95. The predicted octanol–water partition coefficient (Wildman–Crippen LogP) is 2.77. The largest absolute Gasteiger partial charge is 0.312 e. The van der Waals surface area contributed by atoms with E-state index in [1.807, 2.05) is 17.8 Å². The number of hydrogen-bond acceptors (Lipinski definition) is 5. The normalized spacial score (nSPS) is 10.7. The second-order valence-electron chi connectivity index (χ2n) is 3.15. The van der Waals surface area contributed by atoms with Gasteiger partial charge in [0, 0.05) is 29.2 Å². The number of aromatic nitrogens is 2. The van der Waals surface area contributed by atoms with E-state index in [9.17, 15) is 0 Å². The Bertz CT molecular complexity index is 394. The van der Waals surface area contributed by atoms with Gasteiger partial charge in [-0.15, -0.1) is 22.7 Å². The van der Waals surface area contributed by atoms with Gasteiger partial charge >= 0.3 is 0 Å². The highest BCUT2D eigenvalue weighted by molar-refractivity contribution is 7.20. The lowest BCUT2D eigenvalue weighted by molar-refractivity contribution is 0.681. The van der Waals surface area contributed by atoms with Gasteiger partial charge < -0.3 is 5.32 Å². The number of thiazole rings is 2. The number of nitrogens with zero attached hydrogens (tertiary/aromatic N) is 2. The molecule has 5 heteroatoms. The fourth-order valence-corrected chi connectivity index (χ4v) is 2.77. The summed E-state index contributed by atoms with van der Waals surface area (Å²) in [5.41, 5.74) is 0. The molecule has 0 aliphatic rings. The Hall–Kier alpha value is -0.780. The summed E-state index contributed by atoms with van der Waals surface area (Å²) in [4.78, 5) is 9.88. The number of rotatable bonds is 5. The van der Waals surface area contributed by atoms with Crippen LogP contribution in [0.15, 0.2) is 17.8 Å². The SMILES string of the molecule is CCCNCc1cnc(-c2nccs2)s1. The van der Waals surface area contributed by atoms with Crippen LogP contribution in [0.1, 0.15) is 18.2 Å². The Labute approximate surface area is 97.2 Å². The Balaban J connectivity index is 1.98. The first-order chi connectivity index (χ1) is 7.40. The Kier molecular flexibility index (Phi) is 3.82. The molecule has 2 rings (SSSR count). The summed E-state index contributed by atoms with van der Waals surface area (Å²) >= 11 is 3.35. The van der Waals surface area contributed by atoms with E-state index in [-0.39, 0.29) is 0 Å². The van der Waals surface area contributed by atoms with Gasteiger partial charge in [-0.05, 0) is 13.0 Å². The molecule has 2 heterocycles. The van der Waals surface area contributed by atoms with E-state index < -0.39 is 0 Å². The number of nitrogens with one attached hydrogen (secondary N) is 1. The summed E-state index contributed by atoms with van der Waals surface area (Å²) in [6.07, 6.45) is 4.92. The molecule has 0 aromatic carbocycles. The van der Waals surface area contributed by atoms with Gasteiger partial charge in [-0.3, -0.25) is 0 Å². The van der Waals surface area contributed by atoms with Gasteiger partial charge in [-0.1, -0.05) is 6.92 Å². The summed E-state index contributed by atoms with van der Waals surface area (Å²) in [6, 6.07) is 0. The predicted molar refractivity (Wildman–Crippen MR) is 65.2 cm³/mol. The van der Waals surface area contributed by atoms with Crippen LogP contribution in [0, 0.1) is 0 Å². The minimum atomic E-state index is 0.914. The first kappa shape index (κ1) is 10.7. The Morgan fingerprint density at radius 1 is 1.33 bits per heavy atom. The van der Waals surface area contributed by atoms with Gasteiger partial charge in [0.2, 0.25) is 0 Å². The zero-order chi connectivity index (χ0) is 10.5. The van der Waals surface area contributed by atoms with Crippen molar-refractivity contribution in [2.45, 2.75) is 19.9 Å². The summed E-state index contributed by atoms with van der Waals surface area (Å²) in [6.45, 7) is 4.14. The van der Waals surface area contributed by atoms with E-state index in [2.05, 4.69) is 22.2 Å². The molecule has 0 fully saturated rings. The van der Waals surface area contributed by atoms with Gasteiger partial charge in [0.15, 0.2) is 10.0 Å². The molecule has 2 aromatic rings. The number of hydrogen-bond donors (Lipinski definition) is 1. The highest BCUT2D eigenvalue weighted by Gasteiger charge is 2.05. The maximum Gasteiger partial charge on any atom is 0.152 e. The molecule has 0 atom stereocenters. The van der Waals surface area contributed by atoms with Crippen molar-refractivity contribution >= 4 is 22.7 Å². The van der Waals surface area contributed by atoms with Crippen LogP contribution in [-0.2, 0) is 6.54 Å². The van der Waals surface area contributed by atoms with E-state index in [0.717, 1.165) is 29.5 Å². The molecule has 2 aromatic heterocycles. The van der Waals surface area contributed by atoms with Crippen LogP contribution in [0.3, 0.4) is 0 Å². The molecule has 0 bridgehead atoms. The third-order valence-corrected chi connectivity index (χ3v) is 3.81. The third-order valence-electron chi connectivity index (χ3n) is 1.89. The molecule has 0 saturated carbocycles. The summed E-state index contributed by atoms with van der Waals surface area (Å²) in [7, 11) is 0. The molecule has 0 saturated heterocycles. The first-order valence-corrected chi connectivity index (χ1v) is 6.65. The van der Waals surface area contributed by atoms with Gasteiger partial charge in [0.25, 0.3) is 0 Å². The van der Waals surface area contributed by atoms with E-state index >= 15 is 0 Å². The lowest BCUT2D eigenvalue weighted by Gasteiger charge is -1.97. The zero-order valence-corrected chi connectivity index (χ0v) is 10.2. The average molecular weight is 239 g/mol. The molecule has 0 aliphatic carbocycles. The Morgan fingerprint density at radius 2 is 2.27 bits per heavy atom. The van der Waals surface area contributed by atoms with Gasteiger partial charge in [-0.2, -0.15) is 0 Å². The molecule has 0 spiro atoms. The van der Waals surface area contributed by atoms with Gasteiger partial charge in [0.1, 0.15) is 0 Å². The van der Waals surface area contributed by atoms with E-state index in [0.29, 0.717) is 0 Å². The van der Waals surface area contributed by atoms with Crippen molar-refractivity contribution in [3.8, 4) is 10.0 Å². The van der Waals surface area contributed by atoms with Crippen molar-refractivity contribution in [2.75, 3.05) is 6.54 Å². The van der Waals surface area contributed by atoms with Crippen molar-refractivity contribution in [3.05, 3.63) is 22.7 Å².